The van der Waals surface area contributed by atoms with E-state index >= 15 is 0 Å². The first-order valence-electron chi connectivity index (χ1n) is 8.72. The number of hydrogen-bond donors (Lipinski definition) is 0. The highest BCUT2D eigenvalue weighted by Gasteiger charge is 2.19. The van der Waals surface area contributed by atoms with Gasteiger partial charge in [0.1, 0.15) is 0 Å². The summed E-state index contributed by atoms with van der Waals surface area (Å²) in [5, 5.41) is 9.70. The number of methoxy groups -OCH3 is 3. The maximum absolute atomic E-state index is 5.46. The van der Waals surface area contributed by atoms with Crippen LogP contribution in [0, 0.1) is 0 Å². The first-order valence-corrected chi connectivity index (χ1v) is 10.5. The van der Waals surface area contributed by atoms with Crippen LogP contribution < -0.4 is 14.2 Å². The molecule has 3 aromatic rings. The van der Waals surface area contributed by atoms with E-state index in [4.69, 9.17) is 14.2 Å². The second-order valence-electron chi connectivity index (χ2n) is 5.88. The molecule has 8 heteroatoms. The molecular formula is C20H22BrN3O3S. The summed E-state index contributed by atoms with van der Waals surface area (Å²) in [4.78, 5) is 0. The monoisotopic (exact) mass is 463 g/mol. The minimum Gasteiger partial charge on any atom is -0.493 e. The first kappa shape index (κ1) is 20.5. The van der Waals surface area contributed by atoms with Gasteiger partial charge in [-0.2, -0.15) is 0 Å². The molecule has 0 amide bonds. The van der Waals surface area contributed by atoms with Crippen LogP contribution >= 0.6 is 27.7 Å². The first-order chi connectivity index (χ1) is 13.6. The lowest BCUT2D eigenvalue weighted by molar-refractivity contribution is 0.324. The van der Waals surface area contributed by atoms with E-state index in [0.717, 1.165) is 33.3 Å². The maximum atomic E-state index is 5.46. The molecule has 0 aliphatic heterocycles. The minimum atomic E-state index is 0.557. The summed E-state index contributed by atoms with van der Waals surface area (Å²) in [7, 11) is 4.79. The normalized spacial score (nSPS) is 10.8. The maximum Gasteiger partial charge on any atom is 0.203 e. The quantitative estimate of drug-likeness (QED) is 0.435. The molecule has 0 saturated carbocycles. The second-order valence-corrected chi connectivity index (χ2v) is 7.74. The molecule has 0 aliphatic rings. The summed E-state index contributed by atoms with van der Waals surface area (Å²) in [6.07, 6.45) is 0. The number of halogens is 1. The van der Waals surface area contributed by atoms with Crippen molar-refractivity contribution in [1.82, 2.24) is 14.8 Å². The number of nitrogens with zero attached hydrogens (tertiary/aromatic N) is 3. The highest BCUT2D eigenvalue weighted by Crippen LogP contribution is 2.41. The van der Waals surface area contributed by atoms with Crippen LogP contribution in [-0.4, -0.2) is 36.1 Å². The Labute approximate surface area is 177 Å². The van der Waals surface area contributed by atoms with Crippen molar-refractivity contribution in [2.45, 2.75) is 24.4 Å². The molecule has 0 atom stereocenters. The van der Waals surface area contributed by atoms with Crippen LogP contribution in [-0.2, 0) is 12.3 Å². The van der Waals surface area contributed by atoms with E-state index in [1.807, 2.05) is 24.3 Å². The lowest BCUT2D eigenvalue weighted by atomic mass is 10.1. The van der Waals surface area contributed by atoms with E-state index in [0.29, 0.717) is 17.2 Å². The van der Waals surface area contributed by atoms with Gasteiger partial charge >= 0.3 is 0 Å². The summed E-state index contributed by atoms with van der Waals surface area (Å²) < 4.78 is 19.5. The summed E-state index contributed by atoms with van der Waals surface area (Å²) in [6, 6.07) is 12.1. The molecular weight excluding hydrogens is 442 g/mol. The SMILES string of the molecule is CCn1c(SCc2ccc(Br)cc2)nnc1-c1cc(OC)c(OC)c(OC)c1. The molecule has 0 saturated heterocycles. The third-order valence-electron chi connectivity index (χ3n) is 4.24. The zero-order valence-corrected chi connectivity index (χ0v) is 18.6. The third kappa shape index (κ3) is 4.28. The Balaban J connectivity index is 1.92. The lowest BCUT2D eigenvalue weighted by Crippen LogP contribution is -2.01. The molecule has 1 heterocycles. The molecule has 2 aromatic carbocycles. The Morgan fingerprint density at radius 1 is 0.964 bits per heavy atom. The number of rotatable bonds is 8. The van der Waals surface area contributed by atoms with Gasteiger partial charge < -0.3 is 18.8 Å². The van der Waals surface area contributed by atoms with Crippen LogP contribution in [0.1, 0.15) is 12.5 Å². The fraction of sp³-hybridized carbons (Fsp3) is 0.300. The zero-order valence-electron chi connectivity index (χ0n) is 16.2. The number of hydrogen-bond acceptors (Lipinski definition) is 6. The average Bonchev–Trinajstić information content (AvgIpc) is 3.15. The van der Waals surface area contributed by atoms with Crippen molar-refractivity contribution in [1.29, 1.82) is 0 Å². The van der Waals surface area contributed by atoms with Gasteiger partial charge in [0, 0.05) is 22.3 Å². The van der Waals surface area contributed by atoms with Gasteiger partial charge in [0.25, 0.3) is 0 Å². The molecule has 0 fully saturated rings. The van der Waals surface area contributed by atoms with Crippen LogP contribution in [0.3, 0.4) is 0 Å². The number of aromatic nitrogens is 3. The van der Waals surface area contributed by atoms with Crippen molar-refractivity contribution in [2.24, 2.45) is 0 Å². The van der Waals surface area contributed by atoms with Crippen molar-refractivity contribution in [3.05, 3.63) is 46.4 Å². The number of benzene rings is 2. The fourth-order valence-electron chi connectivity index (χ4n) is 2.83. The Hall–Kier alpha value is -2.19. The molecule has 0 spiro atoms. The zero-order chi connectivity index (χ0) is 20.1. The van der Waals surface area contributed by atoms with Crippen molar-refractivity contribution in [3.8, 4) is 28.6 Å². The van der Waals surface area contributed by atoms with Gasteiger partial charge in [-0.25, -0.2) is 0 Å². The van der Waals surface area contributed by atoms with Crippen molar-refractivity contribution in [3.63, 3.8) is 0 Å². The predicted molar refractivity (Wildman–Crippen MR) is 114 cm³/mol. The molecule has 1 aromatic heterocycles. The van der Waals surface area contributed by atoms with Crippen LogP contribution in [0.25, 0.3) is 11.4 Å². The molecule has 0 N–H and O–H groups in total. The summed E-state index contributed by atoms with van der Waals surface area (Å²) in [6.45, 7) is 2.83. The van der Waals surface area contributed by atoms with E-state index in [9.17, 15) is 0 Å². The highest BCUT2D eigenvalue weighted by atomic mass is 79.9. The fourth-order valence-corrected chi connectivity index (χ4v) is 4.06. The lowest BCUT2D eigenvalue weighted by Gasteiger charge is -2.14. The van der Waals surface area contributed by atoms with Crippen LogP contribution in [0.5, 0.6) is 17.2 Å². The van der Waals surface area contributed by atoms with Gasteiger partial charge in [0.2, 0.25) is 5.75 Å². The molecule has 0 bridgehead atoms. The third-order valence-corrected chi connectivity index (χ3v) is 5.80. The minimum absolute atomic E-state index is 0.557. The van der Waals surface area contributed by atoms with E-state index in [2.05, 4.69) is 49.8 Å². The highest BCUT2D eigenvalue weighted by molar-refractivity contribution is 9.10. The molecule has 0 unspecified atom stereocenters. The Bertz CT molecular complexity index is 919. The van der Waals surface area contributed by atoms with Crippen LogP contribution in [0.4, 0.5) is 0 Å². The van der Waals surface area contributed by atoms with Crippen molar-refractivity contribution in [2.75, 3.05) is 21.3 Å². The predicted octanol–water partition coefficient (Wildman–Crippen LogP) is 5.05. The Morgan fingerprint density at radius 3 is 2.14 bits per heavy atom. The largest absolute Gasteiger partial charge is 0.493 e. The average molecular weight is 464 g/mol. The van der Waals surface area contributed by atoms with Gasteiger partial charge in [-0.05, 0) is 36.8 Å². The van der Waals surface area contributed by atoms with Gasteiger partial charge in [-0.1, -0.05) is 39.8 Å². The van der Waals surface area contributed by atoms with Gasteiger partial charge in [-0.3, -0.25) is 0 Å². The molecule has 148 valence electrons. The van der Waals surface area contributed by atoms with E-state index in [1.54, 1.807) is 33.1 Å². The Morgan fingerprint density at radius 2 is 1.61 bits per heavy atom. The van der Waals surface area contributed by atoms with Crippen LogP contribution in [0.15, 0.2) is 46.0 Å². The molecule has 0 radical (unpaired) electrons. The molecule has 28 heavy (non-hydrogen) atoms. The summed E-state index contributed by atoms with van der Waals surface area (Å²) in [5.41, 5.74) is 2.09. The standard InChI is InChI=1S/C20H22BrN3O3S/c1-5-24-19(14-10-16(25-2)18(27-4)17(11-14)26-3)22-23-20(24)28-12-13-6-8-15(21)9-7-13/h6-11H,5,12H2,1-4H3. The second kappa shape index (κ2) is 9.34. The van der Waals surface area contributed by atoms with Crippen molar-refractivity contribution >= 4 is 27.7 Å². The topological polar surface area (TPSA) is 58.4 Å². The van der Waals surface area contributed by atoms with E-state index in [-0.39, 0.29) is 0 Å². The molecule has 0 aliphatic carbocycles. The van der Waals surface area contributed by atoms with Gasteiger partial charge in [-0.15, -0.1) is 10.2 Å². The number of thioether (sulfide) groups is 1. The summed E-state index contributed by atoms with van der Waals surface area (Å²) >= 11 is 5.12. The molecule has 3 rings (SSSR count). The Kier molecular flexibility index (Phi) is 6.85. The molecule has 6 nitrogen and oxygen atoms in total. The summed E-state index contributed by atoms with van der Waals surface area (Å²) in [5.74, 6) is 3.32. The van der Waals surface area contributed by atoms with E-state index in [1.165, 1.54) is 5.56 Å². The van der Waals surface area contributed by atoms with Gasteiger partial charge in [0.05, 0.1) is 21.3 Å². The van der Waals surface area contributed by atoms with Gasteiger partial charge in [0.15, 0.2) is 22.5 Å². The van der Waals surface area contributed by atoms with Crippen molar-refractivity contribution < 1.29 is 14.2 Å². The number of ether oxygens (including phenoxy) is 3. The smallest absolute Gasteiger partial charge is 0.203 e. The van der Waals surface area contributed by atoms with Crippen LogP contribution in [0.2, 0.25) is 0 Å². The van der Waals surface area contributed by atoms with E-state index < -0.39 is 0 Å².